The summed E-state index contributed by atoms with van der Waals surface area (Å²) in [5.74, 6) is -0.959. The Morgan fingerprint density at radius 2 is 1.58 bits per heavy atom. The summed E-state index contributed by atoms with van der Waals surface area (Å²) in [6.07, 6.45) is 4.58. The van der Waals surface area contributed by atoms with Gasteiger partial charge >= 0.3 is 0 Å². The number of nitrogens with one attached hydrogen (secondary N) is 2. The molecule has 7 heteroatoms. The number of hydrazine groups is 1. The molecule has 162 valence electrons. The summed E-state index contributed by atoms with van der Waals surface area (Å²) in [7, 11) is 0. The second-order valence-electron chi connectivity index (χ2n) is 7.24. The van der Waals surface area contributed by atoms with Crippen molar-refractivity contribution >= 4 is 22.6 Å². The maximum atomic E-state index is 12.4. The Labute approximate surface area is 180 Å². The molecule has 0 unspecified atom stereocenters. The van der Waals surface area contributed by atoms with E-state index < -0.39 is 11.8 Å². The summed E-state index contributed by atoms with van der Waals surface area (Å²) in [6.45, 7) is 2.86. The molecule has 31 heavy (non-hydrogen) atoms. The number of fused-ring (bicyclic) bond motifs is 1. The molecule has 2 amide bonds. The molecule has 3 aromatic carbocycles. The fourth-order valence-electron chi connectivity index (χ4n) is 3.14. The number of benzene rings is 3. The Morgan fingerprint density at radius 3 is 2.35 bits per heavy atom. The number of ether oxygens (including phenoxy) is 1. The second-order valence-corrected chi connectivity index (χ2v) is 7.24. The van der Waals surface area contributed by atoms with Crippen LogP contribution in [0.25, 0.3) is 10.8 Å². The zero-order valence-electron chi connectivity index (χ0n) is 17.4. The molecule has 0 saturated heterocycles. The predicted octanol–water partition coefficient (Wildman–Crippen LogP) is 4.28. The van der Waals surface area contributed by atoms with E-state index in [0.29, 0.717) is 12.2 Å². The molecule has 7 nitrogen and oxygen atoms in total. The van der Waals surface area contributed by atoms with Gasteiger partial charge in [-0.3, -0.25) is 20.4 Å². The van der Waals surface area contributed by atoms with Crippen molar-refractivity contribution in [2.45, 2.75) is 32.6 Å². The fourth-order valence-corrected chi connectivity index (χ4v) is 3.14. The van der Waals surface area contributed by atoms with Crippen LogP contribution in [0.3, 0.4) is 0 Å². The number of carbonyl (C=O) groups excluding carboxylic acids is 2. The SMILES string of the molecule is CCCCCCOc1ccc2cc(C(=O)NNC(=O)c3ccc(O)cc3O)ccc2c1. The highest BCUT2D eigenvalue weighted by Gasteiger charge is 2.13. The van der Waals surface area contributed by atoms with Crippen molar-refractivity contribution in [3.63, 3.8) is 0 Å². The number of aromatic hydroxyl groups is 2. The van der Waals surface area contributed by atoms with Crippen molar-refractivity contribution in [3.05, 3.63) is 65.7 Å². The van der Waals surface area contributed by atoms with Crippen LogP contribution in [-0.4, -0.2) is 28.6 Å². The van der Waals surface area contributed by atoms with Crippen LogP contribution >= 0.6 is 0 Å². The van der Waals surface area contributed by atoms with E-state index in [9.17, 15) is 19.8 Å². The van der Waals surface area contributed by atoms with Crippen LogP contribution in [0, 0.1) is 0 Å². The largest absolute Gasteiger partial charge is 0.508 e. The lowest BCUT2D eigenvalue weighted by atomic mass is 10.1. The molecule has 0 heterocycles. The molecule has 0 bridgehead atoms. The number of rotatable bonds is 8. The molecule has 3 aromatic rings. The van der Waals surface area contributed by atoms with E-state index in [0.717, 1.165) is 35.4 Å². The molecule has 0 atom stereocenters. The lowest BCUT2D eigenvalue weighted by Gasteiger charge is -2.10. The van der Waals surface area contributed by atoms with Gasteiger partial charge in [-0.15, -0.1) is 0 Å². The van der Waals surface area contributed by atoms with Gasteiger partial charge in [-0.05, 0) is 53.6 Å². The Kier molecular flexibility index (Phi) is 7.32. The third-order valence-electron chi connectivity index (χ3n) is 4.86. The van der Waals surface area contributed by atoms with Gasteiger partial charge in [0.2, 0.25) is 0 Å². The molecule has 0 saturated carbocycles. The zero-order valence-corrected chi connectivity index (χ0v) is 17.4. The Hall–Kier alpha value is -3.74. The van der Waals surface area contributed by atoms with Crippen molar-refractivity contribution in [1.29, 1.82) is 0 Å². The minimum absolute atomic E-state index is 0.0705. The van der Waals surface area contributed by atoms with E-state index in [1.54, 1.807) is 12.1 Å². The molecular formula is C24H26N2O5. The van der Waals surface area contributed by atoms with E-state index in [1.807, 2.05) is 24.3 Å². The number of hydrogen-bond donors (Lipinski definition) is 4. The minimum atomic E-state index is -0.702. The highest BCUT2D eigenvalue weighted by atomic mass is 16.5. The molecule has 0 aliphatic carbocycles. The average Bonchev–Trinajstić information content (AvgIpc) is 2.76. The van der Waals surface area contributed by atoms with E-state index >= 15 is 0 Å². The molecule has 0 aromatic heterocycles. The van der Waals surface area contributed by atoms with Gasteiger partial charge in [-0.25, -0.2) is 0 Å². The summed E-state index contributed by atoms with van der Waals surface area (Å²) in [4.78, 5) is 24.5. The highest BCUT2D eigenvalue weighted by molar-refractivity contribution is 6.02. The summed E-state index contributed by atoms with van der Waals surface area (Å²) >= 11 is 0. The molecule has 0 radical (unpaired) electrons. The Morgan fingerprint density at radius 1 is 0.839 bits per heavy atom. The van der Waals surface area contributed by atoms with Crippen LogP contribution in [0.5, 0.6) is 17.2 Å². The first-order chi connectivity index (χ1) is 15.0. The maximum Gasteiger partial charge on any atom is 0.273 e. The molecule has 4 N–H and O–H groups in total. The van der Waals surface area contributed by atoms with Crippen LogP contribution in [0.2, 0.25) is 0 Å². The topological polar surface area (TPSA) is 108 Å². The van der Waals surface area contributed by atoms with Gasteiger partial charge in [0.25, 0.3) is 11.8 Å². The first-order valence-electron chi connectivity index (χ1n) is 10.3. The standard InChI is InChI=1S/C24H26N2O5/c1-2-3-4-5-12-31-20-10-8-16-13-18(7-6-17(16)14-20)23(29)25-26-24(30)21-11-9-19(27)15-22(21)28/h6-11,13-15,27-28H,2-5,12H2,1H3,(H,25,29)(H,26,30). The third kappa shape index (κ3) is 5.88. The number of hydrogen-bond acceptors (Lipinski definition) is 5. The number of phenolic OH excluding ortho intramolecular Hbond substituents is 2. The lowest BCUT2D eigenvalue weighted by Crippen LogP contribution is -2.41. The summed E-state index contributed by atoms with van der Waals surface area (Å²) in [5.41, 5.74) is 4.88. The zero-order chi connectivity index (χ0) is 22.2. The van der Waals surface area contributed by atoms with Crippen molar-refractivity contribution < 1.29 is 24.5 Å². The van der Waals surface area contributed by atoms with Gasteiger partial charge in [0.15, 0.2) is 0 Å². The molecular weight excluding hydrogens is 396 g/mol. The third-order valence-corrected chi connectivity index (χ3v) is 4.86. The summed E-state index contributed by atoms with van der Waals surface area (Å²) < 4.78 is 5.80. The number of phenols is 2. The second kappa shape index (κ2) is 10.3. The first-order valence-corrected chi connectivity index (χ1v) is 10.3. The van der Waals surface area contributed by atoms with Crippen LogP contribution in [0.15, 0.2) is 54.6 Å². The van der Waals surface area contributed by atoms with Crippen LogP contribution < -0.4 is 15.6 Å². The minimum Gasteiger partial charge on any atom is -0.508 e. The van der Waals surface area contributed by atoms with Crippen LogP contribution in [0.4, 0.5) is 0 Å². The van der Waals surface area contributed by atoms with E-state index in [4.69, 9.17) is 4.74 Å². The maximum absolute atomic E-state index is 12.4. The van der Waals surface area contributed by atoms with Gasteiger partial charge < -0.3 is 14.9 Å². The number of amides is 2. The van der Waals surface area contributed by atoms with Gasteiger partial charge in [-0.1, -0.05) is 38.3 Å². The quantitative estimate of drug-likeness (QED) is 0.320. The fraction of sp³-hybridized carbons (Fsp3) is 0.250. The van der Waals surface area contributed by atoms with E-state index in [2.05, 4.69) is 17.8 Å². The number of unbranched alkanes of at least 4 members (excludes halogenated alkanes) is 3. The summed E-state index contributed by atoms with van der Waals surface area (Å²) in [6, 6.07) is 14.5. The van der Waals surface area contributed by atoms with Crippen molar-refractivity contribution in [1.82, 2.24) is 10.9 Å². The molecule has 0 fully saturated rings. The van der Waals surface area contributed by atoms with Gasteiger partial charge in [0.05, 0.1) is 12.2 Å². The van der Waals surface area contributed by atoms with E-state index in [-0.39, 0.29) is 17.1 Å². The first kappa shape index (κ1) is 22.0. The monoisotopic (exact) mass is 422 g/mol. The smallest absolute Gasteiger partial charge is 0.273 e. The van der Waals surface area contributed by atoms with Crippen LogP contribution in [-0.2, 0) is 0 Å². The normalized spacial score (nSPS) is 10.6. The Bertz CT molecular complexity index is 1080. The predicted molar refractivity (Wildman–Crippen MR) is 118 cm³/mol. The van der Waals surface area contributed by atoms with Crippen molar-refractivity contribution in [2.75, 3.05) is 6.61 Å². The van der Waals surface area contributed by atoms with Gasteiger partial charge in [0, 0.05) is 11.6 Å². The lowest BCUT2D eigenvalue weighted by molar-refractivity contribution is 0.0845. The highest BCUT2D eigenvalue weighted by Crippen LogP contribution is 2.23. The molecule has 0 aliphatic rings. The van der Waals surface area contributed by atoms with Gasteiger partial charge in [0.1, 0.15) is 17.2 Å². The summed E-state index contributed by atoms with van der Waals surface area (Å²) in [5, 5.41) is 20.8. The number of carbonyl (C=O) groups is 2. The van der Waals surface area contributed by atoms with E-state index in [1.165, 1.54) is 25.0 Å². The molecule has 0 spiro atoms. The van der Waals surface area contributed by atoms with Crippen molar-refractivity contribution in [3.8, 4) is 17.2 Å². The Balaban J connectivity index is 1.59. The molecule has 3 rings (SSSR count). The average molecular weight is 422 g/mol. The van der Waals surface area contributed by atoms with Crippen molar-refractivity contribution in [2.24, 2.45) is 0 Å². The van der Waals surface area contributed by atoms with Crippen LogP contribution in [0.1, 0.15) is 53.3 Å². The van der Waals surface area contributed by atoms with Gasteiger partial charge in [-0.2, -0.15) is 0 Å². The molecule has 0 aliphatic heterocycles.